The first kappa shape index (κ1) is 23.9. The maximum Gasteiger partial charge on any atom is 0.191 e. The van der Waals surface area contributed by atoms with Crippen LogP contribution in [-0.4, -0.2) is 76.6 Å². The highest BCUT2D eigenvalue weighted by Crippen LogP contribution is 2.17. The predicted molar refractivity (Wildman–Crippen MR) is 119 cm³/mol. The molecule has 0 bridgehead atoms. The number of aliphatic imine (C=N–C) groups is 1. The van der Waals surface area contributed by atoms with E-state index in [1.807, 2.05) is 7.05 Å². The van der Waals surface area contributed by atoms with Crippen LogP contribution in [0.4, 0.5) is 0 Å². The van der Waals surface area contributed by atoms with Crippen LogP contribution in [0.5, 0.6) is 0 Å². The third kappa shape index (κ3) is 8.71. The smallest absolute Gasteiger partial charge is 0.191 e. The zero-order valence-corrected chi connectivity index (χ0v) is 19.2. The Balaban J connectivity index is 0.00000338. The van der Waals surface area contributed by atoms with E-state index in [2.05, 4.69) is 34.4 Å². The molecule has 2 atom stereocenters. The van der Waals surface area contributed by atoms with E-state index in [0.29, 0.717) is 17.9 Å². The number of ether oxygens (including phenoxy) is 2. The van der Waals surface area contributed by atoms with E-state index in [0.717, 1.165) is 58.3 Å². The summed E-state index contributed by atoms with van der Waals surface area (Å²) in [5.41, 5.74) is 0. The van der Waals surface area contributed by atoms with E-state index in [9.17, 15) is 0 Å². The van der Waals surface area contributed by atoms with Gasteiger partial charge in [-0.15, -0.1) is 24.0 Å². The molecule has 2 unspecified atom stereocenters. The minimum atomic E-state index is 0. The van der Waals surface area contributed by atoms with Gasteiger partial charge >= 0.3 is 0 Å². The van der Waals surface area contributed by atoms with Gasteiger partial charge in [-0.1, -0.05) is 13.8 Å². The first-order valence-electron chi connectivity index (χ1n) is 10.0. The Kier molecular flexibility index (Phi) is 12.8. The van der Waals surface area contributed by atoms with E-state index in [1.54, 1.807) is 0 Å². The molecule has 7 heteroatoms. The number of halogens is 1. The molecule has 26 heavy (non-hydrogen) atoms. The van der Waals surface area contributed by atoms with Crippen molar-refractivity contribution < 1.29 is 9.47 Å². The molecule has 2 rings (SSSR count). The molecule has 0 amide bonds. The minimum absolute atomic E-state index is 0. The Morgan fingerprint density at radius 2 is 2.04 bits per heavy atom. The molecule has 0 saturated carbocycles. The van der Waals surface area contributed by atoms with Crippen molar-refractivity contribution in [1.82, 2.24) is 15.5 Å². The summed E-state index contributed by atoms with van der Waals surface area (Å²) in [6.45, 7) is 12.3. The third-order valence-electron chi connectivity index (χ3n) is 5.22. The molecule has 2 aliphatic rings. The normalized spacial score (nSPS) is 22.5. The Bertz CT molecular complexity index is 384. The van der Waals surface area contributed by atoms with Gasteiger partial charge in [0.25, 0.3) is 0 Å². The van der Waals surface area contributed by atoms with E-state index < -0.39 is 0 Å². The lowest BCUT2D eigenvalue weighted by atomic mass is 10.0. The lowest BCUT2D eigenvalue weighted by Crippen LogP contribution is -2.48. The van der Waals surface area contributed by atoms with Gasteiger partial charge in [-0.3, -0.25) is 9.89 Å². The second kappa shape index (κ2) is 14.0. The number of nitrogens with zero attached hydrogens (tertiary/aromatic N) is 2. The van der Waals surface area contributed by atoms with Crippen molar-refractivity contribution in [3.63, 3.8) is 0 Å². The van der Waals surface area contributed by atoms with Gasteiger partial charge < -0.3 is 20.1 Å². The lowest BCUT2D eigenvalue weighted by molar-refractivity contribution is 0.0888. The zero-order valence-electron chi connectivity index (χ0n) is 16.8. The molecule has 0 radical (unpaired) electrons. The zero-order chi connectivity index (χ0) is 17.9. The summed E-state index contributed by atoms with van der Waals surface area (Å²) in [6.07, 6.45) is 4.81. The van der Waals surface area contributed by atoms with Crippen LogP contribution < -0.4 is 10.6 Å². The van der Waals surface area contributed by atoms with Gasteiger partial charge in [0.05, 0.1) is 13.2 Å². The van der Waals surface area contributed by atoms with Crippen LogP contribution in [0.1, 0.15) is 39.5 Å². The van der Waals surface area contributed by atoms with Crippen molar-refractivity contribution in [2.75, 3.05) is 59.7 Å². The quantitative estimate of drug-likeness (QED) is 0.217. The van der Waals surface area contributed by atoms with Gasteiger partial charge in [0.1, 0.15) is 0 Å². The fourth-order valence-electron chi connectivity index (χ4n) is 3.63. The van der Waals surface area contributed by atoms with E-state index in [-0.39, 0.29) is 24.0 Å². The van der Waals surface area contributed by atoms with Gasteiger partial charge in [-0.2, -0.15) is 0 Å². The molecular formula is C19H39IN4O2. The van der Waals surface area contributed by atoms with Gasteiger partial charge in [0.2, 0.25) is 0 Å². The van der Waals surface area contributed by atoms with Crippen molar-refractivity contribution in [1.29, 1.82) is 0 Å². The summed E-state index contributed by atoms with van der Waals surface area (Å²) in [7, 11) is 1.84. The molecule has 0 aromatic heterocycles. The van der Waals surface area contributed by atoms with Crippen LogP contribution in [-0.2, 0) is 9.47 Å². The van der Waals surface area contributed by atoms with E-state index in [4.69, 9.17) is 9.47 Å². The summed E-state index contributed by atoms with van der Waals surface area (Å²) >= 11 is 0. The number of guanidine groups is 1. The highest BCUT2D eigenvalue weighted by Gasteiger charge is 2.24. The summed E-state index contributed by atoms with van der Waals surface area (Å²) in [4.78, 5) is 6.96. The third-order valence-corrected chi connectivity index (χ3v) is 5.22. The van der Waals surface area contributed by atoms with E-state index in [1.165, 1.54) is 25.9 Å². The van der Waals surface area contributed by atoms with Crippen LogP contribution >= 0.6 is 24.0 Å². The van der Waals surface area contributed by atoms with Crippen molar-refractivity contribution in [3.05, 3.63) is 0 Å². The molecule has 6 nitrogen and oxygen atoms in total. The molecule has 2 heterocycles. The Labute approximate surface area is 176 Å². The molecular weight excluding hydrogens is 443 g/mol. The highest BCUT2D eigenvalue weighted by atomic mass is 127. The summed E-state index contributed by atoms with van der Waals surface area (Å²) in [6, 6.07) is 0.581. The molecule has 154 valence electrons. The molecule has 2 N–H and O–H groups in total. The van der Waals surface area contributed by atoms with Crippen molar-refractivity contribution >= 4 is 29.9 Å². The molecule has 2 fully saturated rings. The predicted octanol–water partition coefficient (Wildman–Crippen LogP) is 2.33. The van der Waals surface area contributed by atoms with Gasteiger partial charge in [0.15, 0.2) is 5.96 Å². The van der Waals surface area contributed by atoms with Crippen LogP contribution in [0.25, 0.3) is 0 Å². The van der Waals surface area contributed by atoms with Gasteiger partial charge in [-0.05, 0) is 44.7 Å². The molecule has 2 aliphatic heterocycles. The second-order valence-electron chi connectivity index (χ2n) is 7.59. The number of nitrogens with one attached hydrogen (secondary N) is 2. The van der Waals surface area contributed by atoms with Crippen molar-refractivity contribution in [2.45, 2.75) is 45.6 Å². The molecule has 0 spiro atoms. The van der Waals surface area contributed by atoms with Crippen LogP contribution in [0.2, 0.25) is 0 Å². The summed E-state index contributed by atoms with van der Waals surface area (Å²) in [5.74, 6) is 2.15. The number of likely N-dealkylation sites (tertiary alicyclic amines) is 1. The average Bonchev–Trinajstić information content (AvgIpc) is 3.29. The lowest BCUT2D eigenvalue weighted by Gasteiger charge is -2.31. The molecule has 0 aromatic rings. The fraction of sp³-hybridized carbons (Fsp3) is 0.947. The Morgan fingerprint density at radius 3 is 2.65 bits per heavy atom. The molecule has 2 saturated heterocycles. The first-order chi connectivity index (χ1) is 12.2. The van der Waals surface area contributed by atoms with Crippen LogP contribution in [0.15, 0.2) is 4.99 Å². The number of hydrogen-bond acceptors (Lipinski definition) is 4. The first-order valence-corrected chi connectivity index (χ1v) is 10.0. The summed E-state index contributed by atoms with van der Waals surface area (Å²) < 4.78 is 11.1. The molecule has 0 aromatic carbocycles. The topological polar surface area (TPSA) is 58.1 Å². The minimum Gasteiger partial charge on any atom is -0.381 e. The molecule has 0 aliphatic carbocycles. The SMILES string of the molecule is CN=C(NCCCOCC1CCOC1)NCC(C(C)C)N1CCCC1.I. The second-order valence-corrected chi connectivity index (χ2v) is 7.59. The maximum atomic E-state index is 5.74. The monoisotopic (exact) mass is 482 g/mol. The Morgan fingerprint density at radius 1 is 1.27 bits per heavy atom. The number of rotatable bonds is 10. The van der Waals surface area contributed by atoms with Crippen molar-refractivity contribution in [3.8, 4) is 0 Å². The standard InChI is InChI=1S/C19H38N4O2.HI/c1-16(2)18(23-9-4-5-10-23)13-22-19(20-3)21-8-6-11-24-14-17-7-12-25-15-17;/h16-18H,4-15H2,1-3H3,(H2,20,21,22);1H. The largest absolute Gasteiger partial charge is 0.381 e. The van der Waals surface area contributed by atoms with E-state index >= 15 is 0 Å². The summed E-state index contributed by atoms with van der Waals surface area (Å²) in [5, 5.41) is 6.90. The average molecular weight is 482 g/mol. The van der Waals surface area contributed by atoms with Crippen molar-refractivity contribution in [2.24, 2.45) is 16.8 Å². The fourth-order valence-corrected chi connectivity index (χ4v) is 3.63. The van der Waals surface area contributed by atoms with Gasteiger partial charge in [0, 0.05) is 45.3 Å². The van der Waals surface area contributed by atoms with Crippen LogP contribution in [0, 0.1) is 11.8 Å². The number of hydrogen-bond donors (Lipinski definition) is 2. The van der Waals surface area contributed by atoms with Crippen LogP contribution in [0.3, 0.4) is 0 Å². The maximum absolute atomic E-state index is 5.74. The highest BCUT2D eigenvalue weighted by molar-refractivity contribution is 14.0. The Hall–Kier alpha value is -0.120. The van der Waals surface area contributed by atoms with Gasteiger partial charge in [-0.25, -0.2) is 0 Å².